The van der Waals surface area contributed by atoms with E-state index in [-0.39, 0.29) is 11.7 Å². The third kappa shape index (κ3) is 3.68. The highest BCUT2D eigenvalue weighted by Gasteiger charge is 2.12. The van der Waals surface area contributed by atoms with Crippen LogP contribution in [0.1, 0.15) is 35.9 Å². The van der Waals surface area contributed by atoms with Gasteiger partial charge in [-0.2, -0.15) is 0 Å². The fourth-order valence-corrected chi connectivity index (χ4v) is 1.94. The maximum absolute atomic E-state index is 10.7. The summed E-state index contributed by atoms with van der Waals surface area (Å²) in [7, 11) is 0. The summed E-state index contributed by atoms with van der Waals surface area (Å²) in [5.74, 6) is 0.234. The highest BCUT2D eigenvalue weighted by Crippen LogP contribution is 2.26. The Labute approximate surface area is 122 Å². The number of nitrogens with one attached hydrogen (secondary N) is 1. The Morgan fingerprint density at radius 1 is 1.33 bits per heavy atom. The van der Waals surface area contributed by atoms with Crippen LogP contribution >= 0.6 is 0 Å². The molecule has 6 nitrogen and oxygen atoms in total. The van der Waals surface area contributed by atoms with Crippen molar-refractivity contribution in [3.05, 3.63) is 47.9 Å². The van der Waals surface area contributed by atoms with Crippen molar-refractivity contribution in [1.29, 1.82) is 0 Å². The smallest absolute Gasteiger partial charge is 0.356 e. The summed E-state index contributed by atoms with van der Waals surface area (Å²) in [6, 6.07) is 7.70. The second-order valence-electron chi connectivity index (χ2n) is 4.43. The summed E-state index contributed by atoms with van der Waals surface area (Å²) in [5, 5.41) is 12.0. The first-order valence-corrected chi connectivity index (χ1v) is 6.65. The summed E-state index contributed by atoms with van der Waals surface area (Å²) in [6.45, 7) is 4.51. The van der Waals surface area contributed by atoms with Crippen LogP contribution in [0.25, 0.3) is 0 Å². The first kappa shape index (κ1) is 14.8. The van der Waals surface area contributed by atoms with Crippen molar-refractivity contribution < 1.29 is 14.6 Å². The van der Waals surface area contributed by atoms with Gasteiger partial charge in [0.2, 0.25) is 0 Å². The van der Waals surface area contributed by atoms with Gasteiger partial charge in [0.05, 0.1) is 25.0 Å². The van der Waals surface area contributed by atoms with E-state index in [1.54, 1.807) is 0 Å². The SMILES string of the molecule is CCOc1ccccc1C(C)Nc1cnc(C(=O)O)cn1. The number of ether oxygens (including phenoxy) is 1. The molecular weight excluding hydrogens is 270 g/mol. The predicted molar refractivity (Wildman–Crippen MR) is 78.6 cm³/mol. The van der Waals surface area contributed by atoms with E-state index in [0.717, 1.165) is 11.3 Å². The van der Waals surface area contributed by atoms with Gasteiger partial charge < -0.3 is 15.2 Å². The molecule has 110 valence electrons. The molecule has 2 N–H and O–H groups in total. The van der Waals surface area contributed by atoms with E-state index in [4.69, 9.17) is 9.84 Å². The number of carboxylic acids is 1. The summed E-state index contributed by atoms with van der Waals surface area (Å²) in [4.78, 5) is 18.6. The number of aromatic nitrogens is 2. The fraction of sp³-hybridized carbons (Fsp3) is 0.267. The van der Waals surface area contributed by atoms with E-state index in [1.165, 1.54) is 12.4 Å². The monoisotopic (exact) mass is 287 g/mol. The van der Waals surface area contributed by atoms with Crippen molar-refractivity contribution in [2.75, 3.05) is 11.9 Å². The van der Waals surface area contributed by atoms with Gasteiger partial charge in [-0.1, -0.05) is 18.2 Å². The Bertz CT molecular complexity index is 614. The molecule has 1 aromatic heterocycles. The molecule has 1 heterocycles. The topological polar surface area (TPSA) is 84.3 Å². The number of carboxylic acid groups (broad SMARTS) is 1. The Morgan fingerprint density at radius 3 is 2.71 bits per heavy atom. The van der Waals surface area contributed by atoms with Crippen LogP contribution in [0.4, 0.5) is 5.82 Å². The van der Waals surface area contributed by atoms with Crippen LogP contribution in [0.2, 0.25) is 0 Å². The molecule has 0 saturated heterocycles. The molecule has 1 unspecified atom stereocenters. The first-order chi connectivity index (χ1) is 10.1. The lowest BCUT2D eigenvalue weighted by molar-refractivity contribution is 0.0690. The third-order valence-electron chi connectivity index (χ3n) is 2.92. The van der Waals surface area contributed by atoms with Crippen LogP contribution in [0.3, 0.4) is 0 Å². The molecule has 2 aromatic rings. The zero-order chi connectivity index (χ0) is 15.2. The van der Waals surface area contributed by atoms with Gasteiger partial charge >= 0.3 is 5.97 Å². The maximum atomic E-state index is 10.7. The molecule has 0 fully saturated rings. The van der Waals surface area contributed by atoms with E-state index in [2.05, 4.69) is 15.3 Å². The molecule has 0 amide bonds. The maximum Gasteiger partial charge on any atom is 0.356 e. The van der Waals surface area contributed by atoms with Gasteiger partial charge in [-0.15, -0.1) is 0 Å². The molecule has 0 saturated carbocycles. The summed E-state index contributed by atoms with van der Waals surface area (Å²) in [5.41, 5.74) is 0.923. The lowest BCUT2D eigenvalue weighted by atomic mass is 10.1. The number of anilines is 1. The number of hydrogen-bond donors (Lipinski definition) is 2. The van der Waals surface area contributed by atoms with Gasteiger partial charge in [0.15, 0.2) is 5.69 Å². The highest BCUT2D eigenvalue weighted by molar-refractivity contribution is 5.84. The molecule has 6 heteroatoms. The first-order valence-electron chi connectivity index (χ1n) is 6.65. The Morgan fingerprint density at radius 2 is 2.10 bits per heavy atom. The largest absolute Gasteiger partial charge is 0.494 e. The number of carbonyl (C=O) groups is 1. The molecule has 0 aliphatic carbocycles. The van der Waals surface area contributed by atoms with Gasteiger partial charge in [-0.3, -0.25) is 0 Å². The zero-order valence-electron chi connectivity index (χ0n) is 11.9. The van der Waals surface area contributed by atoms with Gasteiger partial charge in [0.1, 0.15) is 11.6 Å². The van der Waals surface area contributed by atoms with Gasteiger partial charge in [-0.25, -0.2) is 14.8 Å². The quantitative estimate of drug-likeness (QED) is 0.849. The van der Waals surface area contributed by atoms with Gasteiger partial charge in [0, 0.05) is 5.56 Å². The fourth-order valence-electron chi connectivity index (χ4n) is 1.94. The van der Waals surface area contributed by atoms with Crippen molar-refractivity contribution >= 4 is 11.8 Å². The van der Waals surface area contributed by atoms with Crippen molar-refractivity contribution in [2.24, 2.45) is 0 Å². The molecular formula is C15H17N3O3. The predicted octanol–water partition coefficient (Wildman–Crippen LogP) is 2.75. The lowest BCUT2D eigenvalue weighted by Crippen LogP contribution is -2.11. The minimum absolute atomic E-state index is 0.0438. The van der Waals surface area contributed by atoms with E-state index < -0.39 is 5.97 Å². The summed E-state index contributed by atoms with van der Waals surface area (Å²) < 4.78 is 5.59. The van der Waals surface area contributed by atoms with E-state index >= 15 is 0 Å². The molecule has 0 bridgehead atoms. The average molecular weight is 287 g/mol. The molecule has 0 radical (unpaired) electrons. The number of para-hydroxylation sites is 1. The van der Waals surface area contributed by atoms with E-state index in [1.807, 2.05) is 38.1 Å². The standard InChI is InChI=1S/C15H17N3O3/c1-3-21-13-7-5-4-6-11(13)10(2)18-14-9-16-12(8-17-14)15(19)20/h4-10H,3H2,1-2H3,(H,17,18)(H,19,20). The van der Waals surface area contributed by atoms with E-state index in [0.29, 0.717) is 12.4 Å². The second-order valence-corrected chi connectivity index (χ2v) is 4.43. The Kier molecular flexibility index (Phi) is 4.71. The normalized spacial score (nSPS) is 11.7. The van der Waals surface area contributed by atoms with Gasteiger partial charge in [0.25, 0.3) is 0 Å². The number of rotatable bonds is 6. The summed E-state index contributed by atoms with van der Waals surface area (Å²) >= 11 is 0. The van der Waals surface area contributed by atoms with Crippen LogP contribution in [-0.4, -0.2) is 27.7 Å². The molecule has 2 rings (SSSR count). The van der Waals surface area contributed by atoms with Crippen molar-refractivity contribution in [3.8, 4) is 5.75 Å². The van der Waals surface area contributed by atoms with Crippen LogP contribution in [0.15, 0.2) is 36.7 Å². The number of benzene rings is 1. The number of hydrogen-bond acceptors (Lipinski definition) is 5. The van der Waals surface area contributed by atoms with Crippen LogP contribution in [-0.2, 0) is 0 Å². The van der Waals surface area contributed by atoms with E-state index in [9.17, 15) is 4.79 Å². The minimum Gasteiger partial charge on any atom is -0.494 e. The average Bonchev–Trinajstić information content (AvgIpc) is 2.48. The Balaban J connectivity index is 2.14. The molecule has 1 aromatic carbocycles. The zero-order valence-corrected chi connectivity index (χ0v) is 11.9. The van der Waals surface area contributed by atoms with Gasteiger partial charge in [-0.05, 0) is 19.9 Å². The van der Waals surface area contributed by atoms with Crippen LogP contribution < -0.4 is 10.1 Å². The highest BCUT2D eigenvalue weighted by atomic mass is 16.5. The van der Waals surface area contributed by atoms with Crippen molar-refractivity contribution in [2.45, 2.75) is 19.9 Å². The molecule has 0 aliphatic heterocycles. The van der Waals surface area contributed by atoms with Crippen LogP contribution in [0.5, 0.6) is 5.75 Å². The second kappa shape index (κ2) is 6.69. The van der Waals surface area contributed by atoms with Crippen LogP contribution in [0, 0.1) is 0 Å². The molecule has 0 aliphatic rings. The molecule has 1 atom stereocenters. The number of nitrogens with zero attached hydrogens (tertiary/aromatic N) is 2. The molecule has 21 heavy (non-hydrogen) atoms. The van der Waals surface area contributed by atoms with Crippen molar-refractivity contribution in [1.82, 2.24) is 9.97 Å². The summed E-state index contributed by atoms with van der Waals surface area (Å²) in [6.07, 6.45) is 2.63. The minimum atomic E-state index is -1.09. The number of aromatic carboxylic acids is 1. The molecule has 0 spiro atoms. The van der Waals surface area contributed by atoms with Crippen molar-refractivity contribution in [3.63, 3.8) is 0 Å². The third-order valence-corrected chi connectivity index (χ3v) is 2.92. The Hall–Kier alpha value is -2.63. The lowest BCUT2D eigenvalue weighted by Gasteiger charge is -2.18.